The maximum absolute atomic E-state index is 12.3. The summed E-state index contributed by atoms with van der Waals surface area (Å²) in [5.74, 6) is 1.17. The van der Waals surface area contributed by atoms with Gasteiger partial charge in [0.05, 0.1) is 19.3 Å². The summed E-state index contributed by atoms with van der Waals surface area (Å²) >= 11 is 0. The van der Waals surface area contributed by atoms with Crippen LogP contribution in [0.1, 0.15) is 16.4 Å². The van der Waals surface area contributed by atoms with Crippen molar-refractivity contribution < 1.29 is 13.9 Å². The Labute approximate surface area is 160 Å². The van der Waals surface area contributed by atoms with E-state index in [9.17, 15) is 4.79 Å². The normalized spacial score (nSPS) is 10.6. The largest absolute Gasteiger partial charge is 0.497 e. The van der Waals surface area contributed by atoms with Crippen LogP contribution in [0.5, 0.6) is 5.75 Å². The van der Waals surface area contributed by atoms with Gasteiger partial charge in [-0.05, 0) is 42.5 Å². The van der Waals surface area contributed by atoms with Gasteiger partial charge in [0.2, 0.25) is 11.8 Å². The third-order valence-corrected chi connectivity index (χ3v) is 4.10. The van der Waals surface area contributed by atoms with Crippen molar-refractivity contribution in [1.29, 1.82) is 0 Å². The number of hydrogen-bond acceptors (Lipinski definition) is 6. The summed E-state index contributed by atoms with van der Waals surface area (Å²) in [6.07, 6.45) is 0. The summed E-state index contributed by atoms with van der Waals surface area (Å²) in [5.41, 5.74) is 2.70. The number of rotatable bonds is 6. The summed E-state index contributed by atoms with van der Waals surface area (Å²) < 4.78 is 10.7. The summed E-state index contributed by atoms with van der Waals surface area (Å²) in [5, 5.41) is 17.6. The van der Waals surface area contributed by atoms with Gasteiger partial charge in [-0.3, -0.25) is 9.89 Å². The Morgan fingerprint density at radius 3 is 2.61 bits per heavy atom. The molecule has 0 atom stereocenters. The van der Waals surface area contributed by atoms with E-state index >= 15 is 0 Å². The van der Waals surface area contributed by atoms with Gasteiger partial charge in [0.1, 0.15) is 11.4 Å². The van der Waals surface area contributed by atoms with Crippen molar-refractivity contribution >= 4 is 5.91 Å². The van der Waals surface area contributed by atoms with Crippen molar-refractivity contribution in [1.82, 2.24) is 25.7 Å². The SMILES string of the molecule is COc1ccc(-c2cc(C(=O)NCc3nnc(-c4ccccc4)o3)[nH]n2)cc1. The van der Waals surface area contributed by atoms with Gasteiger partial charge in [-0.1, -0.05) is 18.2 Å². The molecule has 0 aliphatic rings. The van der Waals surface area contributed by atoms with Crippen LogP contribution in [-0.4, -0.2) is 33.4 Å². The quantitative estimate of drug-likeness (QED) is 0.536. The van der Waals surface area contributed by atoms with Gasteiger partial charge < -0.3 is 14.5 Å². The molecule has 0 bridgehead atoms. The number of H-pyrrole nitrogens is 1. The van der Waals surface area contributed by atoms with Crippen LogP contribution < -0.4 is 10.1 Å². The van der Waals surface area contributed by atoms with Crippen molar-refractivity contribution in [2.45, 2.75) is 6.54 Å². The molecule has 0 aliphatic carbocycles. The van der Waals surface area contributed by atoms with Crippen LogP contribution in [0.25, 0.3) is 22.7 Å². The van der Waals surface area contributed by atoms with Crippen molar-refractivity contribution in [3.05, 3.63) is 72.2 Å². The Bertz CT molecular complexity index is 1070. The van der Waals surface area contributed by atoms with Crippen LogP contribution in [0.15, 0.2) is 65.1 Å². The number of carbonyl (C=O) groups is 1. The van der Waals surface area contributed by atoms with Gasteiger partial charge in [0, 0.05) is 11.1 Å². The molecule has 4 aromatic rings. The molecule has 0 aliphatic heterocycles. The Hall–Kier alpha value is -3.94. The van der Waals surface area contributed by atoms with Gasteiger partial charge in [-0.2, -0.15) is 5.10 Å². The van der Waals surface area contributed by atoms with Crippen molar-refractivity contribution in [2.75, 3.05) is 7.11 Å². The monoisotopic (exact) mass is 375 g/mol. The Morgan fingerprint density at radius 1 is 1.07 bits per heavy atom. The highest BCUT2D eigenvalue weighted by Gasteiger charge is 2.13. The smallest absolute Gasteiger partial charge is 0.269 e. The first-order chi connectivity index (χ1) is 13.7. The highest BCUT2D eigenvalue weighted by molar-refractivity contribution is 5.93. The van der Waals surface area contributed by atoms with E-state index in [4.69, 9.17) is 9.15 Å². The molecule has 2 aromatic heterocycles. The van der Waals surface area contributed by atoms with Gasteiger partial charge in [-0.15, -0.1) is 10.2 Å². The van der Waals surface area contributed by atoms with Crippen LogP contribution in [-0.2, 0) is 6.54 Å². The number of aromatic nitrogens is 4. The zero-order chi connectivity index (χ0) is 19.3. The zero-order valence-electron chi connectivity index (χ0n) is 15.0. The van der Waals surface area contributed by atoms with Crippen molar-refractivity contribution in [2.24, 2.45) is 0 Å². The molecule has 4 rings (SSSR count). The highest BCUT2D eigenvalue weighted by Crippen LogP contribution is 2.21. The molecule has 0 spiro atoms. The summed E-state index contributed by atoms with van der Waals surface area (Å²) in [6, 6.07) is 18.5. The fourth-order valence-electron chi connectivity index (χ4n) is 2.62. The average molecular weight is 375 g/mol. The predicted molar refractivity (Wildman–Crippen MR) is 101 cm³/mol. The molecule has 0 unspecified atom stereocenters. The molecule has 0 saturated heterocycles. The third kappa shape index (κ3) is 3.75. The minimum Gasteiger partial charge on any atom is -0.497 e. The fraction of sp³-hybridized carbons (Fsp3) is 0.100. The first kappa shape index (κ1) is 17.5. The third-order valence-electron chi connectivity index (χ3n) is 4.10. The molecule has 8 heteroatoms. The number of nitrogens with zero attached hydrogens (tertiary/aromatic N) is 3. The molecule has 2 N–H and O–H groups in total. The lowest BCUT2D eigenvalue weighted by Gasteiger charge is -2.00. The van der Waals surface area contributed by atoms with Gasteiger partial charge in [-0.25, -0.2) is 0 Å². The summed E-state index contributed by atoms with van der Waals surface area (Å²) in [4.78, 5) is 12.3. The Kier molecular flexibility index (Phi) is 4.83. The number of hydrogen-bond donors (Lipinski definition) is 2. The van der Waals surface area contributed by atoms with E-state index in [0.29, 0.717) is 23.2 Å². The first-order valence-corrected chi connectivity index (χ1v) is 8.59. The second kappa shape index (κ2) is 7.75. The average Bonchev–Trinajstić information content (AvgIpc) is 3.43. The molecule has 2 aromatic carbocycles. The molecule has 0 saturated carbocycles. The lowest BCUT2D eigenvalue weighted by atomic mass is 10.1. The lowest BCUT2D eigenvalue weighted by Crippen LogP contribution is -2.23. The number of methoxy groups -OCH3 is 1. The van der Waals surface area contributed by atoms with Crippen LogP contribution in [0, 0.1) is 0 Å². The van der Waals surface area contributed by atoms with Gasteiger partial charge in [0.15, 0.2) is 0 Å². The minimum atomic E-state index is -0.313. The topological polar surface area (TPSA) is 106 Å². The molecular weight excluding hydrogens is 358 g/mol. The highest BCUT2D eigenvalue weighted by atomic mass is 16.5. The summed E-state index contributed by atoms with van der Waals surface area (Å²) in [6.45, 7) is 0.121. The molecule has 8 nitrogen and oxygen atoms in total. The molecule has 0 fully saturated rings. The minimum absolute atomic E-state index is 0.121. The first-order valence-electron chi connectivity index (χ1n) is 8.59. The number of benzene rings is 2. The number of carbonyl (C=O) groups excluding carboxylic acids is 1. The molecule has 1 amide bonds. The number of ether oxygens (including phenoxy) is 1. The predicted octanol–water partition coefficient (Wildman–Crippen LogP) is 3.07. The molecule has 140 valence electrons. The van der Waals surface area contributed by atoms with E-state index in [1.807, 2.05) is 54.6 Å². The maximum atomic E-state index is 12.3. The molecule has 2 heterocycles. The van der Waals surface area contributed by atoms with E-state index in [2.05, 4.69) is 25.7 Å². The van der Waals surface area contributed by atoms with E-state index in [1.54, 1.807) is 13.2 Å². The second-order valence-corrected chi connectivity index (χ2v) is 5.95. The second-order valence-electron chi connectivity index (χ2n) is 5.95. The standard InChI is InChI=1S/C20H17N5O3/c1-27-15-9-7-13(8-10-15)16-11-17(23-22-16)19(26)21-12-18-24-25-20(28-18)14-5-3-2-4-6-14/h2-11H,12H2,1H3,(H,21,26)(H,22,23). The summed E-state index contributed by atoms with van der Waals surface area (Å²) in [7, 11) is 1.61. The van der Waals surface area contributed by atoms with Crippen LogP contribution >= 0.6 is 0 Å². The fourth-order valence-corrected chi connectivity index (χ4v) is 2.62. The van der Waals surface area contributed by atoms with E-state index in [0.717, 1.165) is 16.9 Å². The zero-order valence-corrected chi connectivity index (χ0v) is 15.0. The van der Waals surface area contributed by atoms with Crippen LogP contribution in [0.4, 0.5) is 0 Å². The number of amides is 1. The van der Waals surface area contributed by atoms with E-state index in [-0.39, 0.29) is 12.5 Å². The molecular formula is C20H17N5O3. The van der Waals surface area contributed by atoms with Gasteiger partial charge >= 0.3 is 0 Å². The van der Waals surface area contributed by atoms with Crippen molar-refractivity contribution in [3.8, 4) is 28.5 Å². The number of nitrogens with one attached hydrogen (secondary N) is 2. The van der Waals surface area contributed by atoms with E-state index < -0.39 is 0 Å². The maximum Gasteiger partial charge on any atom is 0.269 e. The van der Waals surface area contributed by atoms with Crippen molar-refractivity contribution in [3.63, 3.8) is 0 Å². The van der Waals surface area contributed by atoms with E-state index in [1.165, 1.54) is 0 Å². The van der Waals surface area contributed by atoms with Crippen LogP contribution in [0.3, 0.4) is 0 Å². The number of aromatic amines is 1. The Balaban J connectivity index is 1.39. The molecule has 28 heavy (non-hydrogen) atoms. The van der Waals surface area contributed by atoms with Crippen LogP contribution in [0.2, 0.25) is 0 Å². The Morgan fingerprint density at radius 2 is 1.86 bits per heavy atom. The molecule has 0 radical (unpaired) electrons. The lowest BCUT2D eigenvalue weighted by molar-refractivity contribution is 0.0942. The van der Waals surface area contributed by atoms with Gasteiger partial charge in [0.25, 0.3) is 5.91 Å².